The van der Waals surface area contributed by atoms with Crippen molar-refractivity contribution < 1.29 is 14.3 Å². The molecule has 100 valence electrons. The highest BCUT2D eigenvalue weighted by atomic mass is 32.1. The van der Waals surface area contributed by atoms with Crippen LogP contribution in [0.5, 0.6) is 0 Å². The fraction of sp³-hybridized carbons (Fsp3) is 0.286. The summed E-state index contributed by atoms with van der Waals surface area (Å²) in [5.74, 6) is -0.613. The zero-order valence-electron chi connectivity index (χ0n) is 11.1. The first-order valence-electron chi connectivity index (χ1n) is 5.96. The van der Waals surface area contributed by atoms with Crippen LogP contribution in [0.15, 0.2) is 34.4 Å². The predicted octanol–water partition coefficient (Wildman–Crippen LogP) is 2.44. The average Bonchev–Trinajstić information content (AvgIpc) is 2.98. The lowest BCUT2D eigenvalue weighted by Gasteiger charge is -2.14. The van der Waals surface area contributed by atoms with Gasteiger partial charge < -0.3 is 9.64 Å². The van der Waals surface area contributed by atoms with E-state index in [-0.39, 0.29) is 5.91 Å². The van der Waals surface area contributed by atoms with Gasteiger partial charge in [0.25, 0.3) is 5.91 Å². The number of amides is 1. The van der Waals surface area contributed by atoms with Crippen molar-refractivity contribution in [2.45, 2.75) is 13.8 Å². The smallest absolute Gasteiger partial charge is 0.340 e. The van der Waals surface area contributed by atoms with Gasteiger partial charge in [0.15, 0.2) is 0 Å². The van der Waals surface area contributed by atoms with Crippen molar-refractivity contribution in [3.05, 3.63) is 39.2 Å². The minimum atomic E-state index is -0.468. The minimum absolute atomic E-state index is 0.145. The van der Waals surface area contributed by atoms with Gasteiger partial charge in [-0.05, 0) is 31.4 Å². The molecule has 5 heteroatoms. The molecule has 19 heavy (non-hydrogen) atoms. The van der Waals surface area contributed by atoms with Crippen LogP contribution in [0.3, 0.4) is 0 Å². The molecule has 0 aliphatic carbocycles. The molecule has 2 heterocycles. The second-order valence-electron chi connectivity index (χ2n) is 4.07. The van der Waals surface area contributed by atoms with Gasteiger partial charge in [-0.15, -0.1) is 11.3 Å². The summed E-state index contributed by atoms with van der Waals surface area (Å²) in [6.07, 6.45) is 1.75. The van der Waals surface area contributed by atoms with Crippen molar-refractivity contribution in [2.75, 3.05) is 13.7 Å². The molecule has 0 saturated carbocycles. The number of thiophene rings is 1. The molecule has 0 spiro atoms. The summed E-state index contributed by atoms with van der Waals surface area (Å²) in [5, 5.41) is 1.93. The molecule has 1 aromatic rings. The number of hydrogen-bond acceptors (Lipinski definition) is 4. The number of hydrogen-bond donors (Lipinski definition) is 0. The number of rotatable bonds is 3. The van der Waals surface area contributed by atoms with Crippen molar-refractivity contribution in [3.8, 4) is 0 Å². The molecule has 0 fully saturated rings. The zero-order valence-corrected chi connectivity index (χ0v) is 11.9. The van der Waals surface area contributed by atoms with Crippen LogP contribution in [-0.2, 0) is 14.3 Å². The third-order valence-corrected chi connectivity index (χ3v) is 3.87. The molecule has 0 saturated heterocycles. The maximum absolute atomic E-state index is 12.3. The van der Waals surface area contributed by atoms with E-state index in [9.17, 15) is 9.59 Å². The fourth-order valence-corrected chi connectivity index (χ4v) is 2.78. The number of carbonyl (C=O) groups excluding carboxylic acids is 2. The maximum atomic E-state index is 12.3. The predicted molar refractivity (Wildman–Crippen MR) is 74.4 cm³/mol. The quantitative estimate of drug-likeness (QED) is 0.630. The molecule has 0 radical (unpaired) electrons. The van der Waals surface area contributed by atoms with Crippen molar-refractivity contribution in [1.82, 2.24) is 4.90 Å². The van der Waals surface area contributed by atoms with Gasteiger partial charge in [0.2, 0.25) is 0 Å². The van der Waals surface area contributed by atoms with Crippen LogP contribution in [0.4, 0.5) is 0 Å². The van der Waals surface area contributed by atoms with Crippen molar-refractivity contribution in [2.24, 2.45) is 0 Å². The van der Waals surface area contributed by atoms with E-state index in [0.29, 0.717) is 23.4 Å². The number of ether oxygens (including phenoxy) is 1. The molecule has 1 aliphatic rings. The molecule has 0 bridgehead atoms. The lowest BCUT2D eigenvalue weighted by molar-refractivity contribution is -0.136. The van der Waals surface area contributed by atoms with Crippen LogP contribution in [-0.4, -0.2) is 30.4 Å². The number of esters is 1. The largest absolute Gasteiger partial charge is 0.465 e. The number of likely N-dealkylation sites (N-methyl/N-ethyl adjacent to an activating group) is 1. The Balaban J connectivity index is 2.52. The van der Waals surface area contributed by atoms with Crippen molar-refractivity contribution >= 4 is 29.3 Å². The fourth-order valence-electron chi connectivity index (χ4n) is 2.12. The van der Waals surface area contributed by atoms with Crippen LogP contribution in [0.2, 0.25) is 0 Å². The van der Waals surface area contributed by atoms with Gasteiger partial charge in [0, 0.05) is 17.1 Å². The first-order valence-corrected chi connectivity index (χ1v) is 6.84. The highest BCUT2D eigenvalue weighted by Crippen LogP contribution is 2.31. The average molecular weight is 277 g/mol. The van der Waals surface area contributed by atoms with E-state index in [0.717, 1.165) is 4.88 Å². The molecule has 0 aromatic carbocycles. The molecule has 1 amide bonds. The Morgan fingerprint density at radius 2 is 2.26 bits per heavy atom. The third-order valence-electron chi connectivity index (χ3n) is 3.05. The van der Waals surface area contributed by atoms with Gasteiger partial charge >= 0.3 is 5.97 Å². The highest BCUT2D eigenvalue weighted by Gasteiger charge is 2.36. The Kier molecular flexibility index (Phi) is 3.85. The maximum Gasteiger partial charge on any atom is 0.340 e. The van der Waals surface area contributed by atoms with Gasteiger partial charge in [0.1, 0.15) is 0 Å². The number of allylic oxidation sites excluding steroid dienone is 1. The van der Waals surface area contributed by atoms with E-state index in [1.54, 1.807) is 17.9 Å². The number of nitrogens with zero attached hydrogens (tertiary/aromatic N) is 1. The van der Waals surface area contributed by atoms with Gasteiger partial charge in [0.05, 0.1) is 18.3 Å². The molecule has 0 atom stereocenters. The Labute approximate surface area is 116 Å². The van der Waals surface area contributed by atoms with Crippen LogP contribution in [0.25, 0.3) is 6.08 Å². The van der Waals surface area contributed by atoms with Crippen LogP contribution in [0.1, 0.15) is 18.7 Å². The summed E-state index contributed by atoms with van der Waals surface area (Å²) >= 11 is 1.52. The summed E-state index contributed by atoms with van der Waals surface area (Å²) in [7, 11) is 1.32. The topological polar surface area (TPSA) is 46.6 Å². The second kappa shape index (κ2) is 5.40. The summed E-state index contributed by atoms with van der Waals surface area (Å²) in [4.78, 5) is 26.7. The van der Waals surface area contributed by atoms with E-state index in [1.165, 1.54) is 18.4 Å². The molecular formula is C14H15NO3S. The van der Waals surface area contributed by atoms with Gasteiger partial charge in [-0.3, -0.25) is 4.79 Å². The van der Waals surface area contributed by atoms with Gasteiger partial charge in [-0.1, -0.05) is 6.07 Å². The van der Waals surface area contributed by atoms with E-state index in [4.69, 9.17) is 4.74 Å². The molecule has 1 aliphatic heterocycles. The minimum Gasteiger partial charge on any atom is -0.465 e. The number of methoxy groups -OCH3 is 1. The molecule has 2 rings (SSSR count). The molecule has 4 nitrogen and oxygen atoms in total. The Bertz CT molecular complexity index is 570. The van der Waals surface area contributed by atoms with Crippen LogP contribution in [0, 0.1) is 0 Å². The van der Waals surface area contributed by atoms with Crippen LogP contribution < -0.4 is 0 Å². The first-order chi connectivity index (χ1) is 9.10. The molecule has 1 aromatic heterocycles. The Morgan fingerprint density at radius 1 is 1.53 bits per heavy atom. The molecule has 0 N–H and O–H groups in total. The monoisotopic (exact) mass is 277 g/mol. The number of carbonyl (C=O) groups is 2. The summed E-state index contributed by atoms with van der Waals surface area (Å²) in [6, 6.07) is 3.81. The van der Waals surface area contributed by atoms with E-state index >= 15 is 0 Å². The standard InChI is InChI=1S/C14H15NO3S/c1-4-15-9(2)12(14(17)18-3)11(13(15)16)8-10-6-5-7-19-10/h5-8H,4H2,1-3H3/b11-8-. The van der Waals surface area contributed by atoms with Crippen molar-refractivity contribution in [1.29, 1.82) is 0 Å². The highest BCUT2D eigenvalue weighted by molar-refractivity contribution is 7.10. The van der Waals surface area contributed by atoms with E-state index < -0.39 is 5.97 Å². The lowest BCUT2D eigenvalue weighted by atomic mass is 10.1. The second-order valence-corrected chi connectivity index (χ2v) is 5.05. The molecule has 0 unspecified atom stereocenters. The molecular weight excluding hydrogens is 262 g/mol. The summed E-state index contributed by atoms with van der Waals surface area (Å²) in [6.45, 7) is 4.18. The lowest BCUT2D eigenvalue weighted by Crippen LogP contribution is -2.24. The summed E-state index contributed by atoms with van der Waals surface area (Å²) in [5.41, 5.74) is 1.43. The third kappa shape index (κ3) is 2.33. The van der Waals surface area contributed by atoms with E-state index in [1.807, 2.05) is 24.4 Å². The normalized spacial score (nSPS) is 17.5. The zero-order chi connectivity index (χ0) is 14.0. The summed E-state index contributed by atoms with van der Waals surface area (Å²) < 4.78 is 4.78. The van der Waals surface area contributed by atoms with Crippen LogP contribution >= 0.6 is 11.3 Å². The van der Waals surface area contributed by atoms with Gasteiger partial charge in [-0.2, -0.15) is 0 Å². The Hall–Kier alpha value is -1.88. The van der Waals surface area contributed by atoms with Gasteiger partial charge in [-0.25, -0.2) is 4.79 Å². The van der Waals surface area contributed by atoms with E-state index in [2.05, 4.69) is 0 Å². The SMILES string of the molecule is CCN1C(=O)/C(=C\c2cccs2)C(C(=O)OC)=C1C. The Morgan fingerprint density at radius 3 is 2.79 bits per heavy atom. The first kappa shape index (κ1) is 13.5. The van der Waals surface area contributed by atoms with Crippen molar-refractivity contribution in [3.63, 3.8) is 0 Å².